The largest absolute Gasteiger partial charge is 0.349 e. The molecule has 1 fully saturated rings. The number of carbonyl (C=O) groups is 2. The molecule has 2 heterocycles. The van der Waals surface area contributed by atoms with E-state index in [1.807, 2.05) is 50.8 Å². The molecule has 2 N–H and O–H groups in total. The number of aromatic amines is 1. The molecule has 1 aliphatic rings. The SMILES string of the molecule is Cc1cccc(-n2c(=S)[nH]c3cc(C(=O)NC4CCN(C(=O)CC(C)C)CC4)ccc3c2=O)c1C. The number of likely N-dealkylation sites (tertiary alicyclic amines) is 1. The van der Waals surface area contributed by atoms with E-state index in [2.05, 4.69) is 10.3 Å². The average molecular weight is 493 g/mol. The van der Waals surface area contributed by atoms with Gasteiger partial charge in [0.1, 0.15) is 0 Å². The molecule has 35 heavy (non-hydrogen) atoms. The summed E-state index contributed by atoms with van der Waals surface area (Å²) in [5.74, 6) is 0.322. The fraction of sp³-hybridized carbons (Fsp3) is 0.407. The third kappa shape index (κ3) is 5.22. The van der Waals surface area contributed by atoms with Gasteiger partial charge < -0.3 is 15.2 Å². The van der Waals surface area contributed by atoms with Crippen LogP contribution < -0.4 is 10.9 Å². The summed E-state index contributed by atoms with van der Waals surface area (Å²) in [6, 6.07) is 10.8. The molecule has 0 bridgehead atoms. The smallest absolute Gasteiger partial charge is 0.266 e. The summed E-state index contributed by atoms with van der Waals surface area (Å²) in [5.41, 5.74) is 3.59. The molecule has 1 aromatic heterocycles. The number of benzene rings is 2. The molecule has 0 atom stereocenters. The lowest BCUT2D eigenvalue weighted by Gasteiger charge is -2.32. The second-order valence-corrected chi connectivity index (χ2v) is 10.2. The van der Waals surface area contributed by atoms with Crippen molar-refractivity contribution in [2.45, 2.75) is 53.0 Å². The molecule has 0 saturated carbocycles. The predicted molar refractivity (Wildman–Crippen MR) is 141 cm³/mol. The second kappa shape index (κ2) is 10.2. The second-order valence-electron chi connectivity index (χ2n) is 9.78. The fourth-order valence-electron chi connectivity index (χ4n) is 4.58. The molecule has 4 rings (SSSR count). The van der Waals surface area contributed by atoms with Gasteiger partial charge in [0, 0.05) is 31.1 Å². The zero-order valence-electron chi connectivity index (χ0n) is 20.7. The Morgan fingerprint density at radius 3 is 2.54 bits per heavy atom. The van der Waals surface area contributed by atoms with Crippen LogP contribution in [0.1, 0.15) is 54.6 Å². The highest BCUT2D eigenvalue weighted by Gasteiger charge is 2.24. The lowest BCUT2D eigenvalue weighted by Crippen LogP contribution is -2.46. The van der Waals surface area contributed by atoms with E-state index in [0.29, 0.717) is 41.9 Å². The van der Waals surface area contributed by atoms with Gasteiger partial charge in [0.2, 0.25) is 5.91 Å². The molecular formula is C27H32N4O3S. The monoisotopic (exact) mass is 492 g/mol. The summed E-state index contributed by atoms with van der Waals surface area (Å²) in [6.45, 7) is 9.35. The van der Waals surface area contributed by atoms with E-state index >= 15 is 0 Å². The number of aromatic nitrogens is 2. The van der Waals surface area contributed by atoms with Crippen molar-refractivity contribution in [3.8, 4) is 5.69 Å². The van der Waals surface area contributed by atoms with Crippen LogP contribution in [0.5, 0.6) is 0 Å². The maximum Gasteiger partial charge on any atom is 0.266 e. The molecule has 3 aromatic rings. The standard InChI is InChI=1S/C27H32N4O3S/c1-16(2)14-24(32)30-12-10-20(11-13-30)28-25(33)19-8-9-21-22(15-19)29-27(35)31(26(21)34)23-7-5-6-17(3)18(23)4/h5-9,15-16,20H,10-14H2,1-4H3,(H,28,33)(H,29,35). The van der Waals surface area contributed by atoms with Crippen molar-refractivity contribution in [3.05, 3.63) is 68.2 Å². The summed E-state index contributed by atoms with van der Waals surface area (Å²) in [4.78, 5) is 43.6. The van der Waals surface area contributed by atoms with Gasteiger partial charge in [-0.2, -0.15) is 0 Å². The Hall–Kier alpha value is -3.26. The number of nitrogens with zero attached hydrogens (tertiary/aromatic N) is 2. The molecule has 0 spiro atoms. The van der Waals surface area contributed by atoms with Crippen molar-refractivity contribution in [1.29, 1.82) is 0 Å². The van der Waals surface area contributed by atoms with Gasteiger partial charge in [-0.3, -0.25) is 19.0 Å². The number of amides is 2. The summed E-state index contributed by atoms with van der Waals surface area (Å²) >= 11 is 5.52. The lowest BCUT2D eigenvalue weighted by molar-refractivity contribution is -0.133. The van der Waals surface area contributed by atoms with Crippen LogP contribution in [0, 0.1) is 24.5 Å². The maximum atomic E-state index is 13.3. The molecule has 8 heteroatoms. The predicted octanol–water partition coefficient (Wildman–Crippen LogP) is 4.43. The van der Waals surface area contributed by atoms with E-state index in [1.54, 1.807) is 18.2 Å². The molecule has 2 amide bonds. The number of H-pyrrole nitrogens is 1. The number of fused-ring (bicyclic) bond motifs is 1. The first-order valence-corrected chi connectivity index (χ1v) is 12.5. The van der Waals surface area contributed by atoms with E-state index in [1.165, 1.54) is 4.57 Å². The molecule has 0 unspecified atom stereocenters. The molecule has 2 aromatic carbocycles. The van der Waals surface area contributed by atoms with Gasteiger partial charge in [-0.15, -0.1) is 0 Å². The van der Waals surface area contributed by atoms with E-state index in [0.717, 1.165) is 29.7 Å². The van der Waals surface area contributed by atoms with Gasteiger partial charge in [-0.25, -0.2) is 0 Å². The van der Waals surface area contributed by atoms with Gasteiger partial charge in [-0.1, -0.05) is 26.0 Å². The minimum atomic E-state index is -0.220. The number of carbonyl (C=O) groups excluding carboxylic acids is 2. The highest BCUT2D eigenvalue weighted by molar-refractivity contribution is 7.71. The van der Waals surface area contributed by atoms with E-state index in [9.17, 15) is 14.4 Å². The number of aryl methyl sites for hydroxylation is 1. The normalized spacial score (nSPS) is 14.5. The molecule has 1 aliphatic heterocycles. The van der Waals surface area contributed by atoms with Crippen molar-refractivity contribution in [3.63, 3.8) is 0 Å². The van der Waals surface area contributed by atoms with Gasteiger partial charge >= 0.3 is 0 Å². The lowest BCUT2D eigenvalue weighted by atomic mass is 10.0. The third-order valence-electron chi connectivity index (χ3n) is 6.74. The summed E-state index contributed by atoms with van der Waals surface area (Å²) in [7, 11) is 0. The molecular weight excluding hydrogens is 460 g/mol. The van der Waals surface area contributed by atoms with Crippen LogP contribution in [0.4, 0.5) is 0 Å². The first kappa shape index (κ1) is 24.9. The van der Waals surface area contributed by atoms with Crippen LogP contribution in [-0.4, -0.2) is 45.4 Å². The Morgan fingerprint density at radius 2 is 1.86 bits per heavy atom. The minimum absolute atomic E-state index is 0.0112. The van der Waals surface area contributed by atoms with Gasteiger partial charge in [0.25, 0.3) is 11.5 Å². The first-order chi connectivity index (χ1) is 16.7. The third-order valence-corrected chi connectivity index (χ3v) is 7.03. The number of piperidine rings is 1. The summed E-state index contributed by atoms with van der Waals surface area (Å²) in [6.07, 6.45) is 2.01. The Labute approximate surface area is 210 Å². The maximum absolute atomic E-state index is 13.3. The highest BCUT2D eigenvalue weighted by Crippen LogP contribution is 2.19. The zero-order valence-corrected chi connectivity index (χ0v) is 21.5. The highest BCUT2D eigenvalue weighted by atomic mass is 32.1. The van der Waals surface area contributed by atoms with Gasteiger partial charge in [0.05, 0.1) is 16.6 Å². The van der Waals surface area contributed by atoms with E-state index in [4.69, 9.17) is 12.2 Å². The van der Waals surface area contributed by atoms with Crippen LogP contribution >= 0.6 is 12.2 Å². The zero-order chi connectivity index (χ0) is 25.3. The van der Waals surface area contributed by atoms with Crippen molar-refractivity contribution < 1.29 is 9.59 Å². The van der Waals surface area contributed by atoms with E-state index < -0.39 is 0 Å². The first-order valence-electron chi connectivity index (χ1n) is 12.1. The molecule has 184 valence electrons. The number of hydrogen-bond acceptors (Lipinski definition) is 4. The van der Waals surface area contributed by atoms with Gasteiger partial charge in [-0.05, 0) is 80.2 Å². The van der Waals surface area contributed by atoms with Gasteiger partial charge in [0.15, 0.2) is 4.77 Å². The van der Waals surface area contributed by atoms with E-state index in [-0.39, 0.29) is 28.2 Å². The molecule has 7 nitrogen and oxygen atoms in total. The number of hydrogen-bond donors (Lipinski definition) is 2. The summed E-state index contributed by atoms with van der Waals surface area (Å²) < 4.78 is 1.79. The number of rotatable bonds is 5. The van der Waals surface area contributed by atoms with Crippen molar-refractivity contribution in [2.24, 2.45) is 5.92 Å². The van der Waals surface area contributed by atoms with Crippen molar-refractivity contribution >= 4 is 34.9 Å². The number of nitrogens with one attached hydrogen (secondary N) is 2. The van der Waals surface area contributed by atoms with Crippen molar-refractivity contribution in [1.82, 2.24) is 19.8 Å². The Morgan fingerprint density at radius 1 is 1.14 bits per heavy atom. The minimum Gasteiger partial charge on any atom is -0.349 e. The summed E-state index contributed by atoms with van der Waals surface area (Å²) in [5, 5.41) is 3.55. The van der Waals surface area contributed by atoms with Crippen LogP contribution in [0.2, 0.25) is 0 Å². The average Bonchev–Trinajstić information content (AvgIpc) is 2.81. The van der Waals surface area contributed by atoms with Crippen LogP contribution in [0.3, 0.4) is 0 Å². The Kier molecular flexibility index (Phi) is 7.21. The molecule has 1 saturated heterocycles. The van der Waals surface area contributed by atoms with Crippen LogP contribution in [0.15, 0.2) is 41.2 Å². The fourth-order valence-corrected chi connectivity index (χ4v) is 4.87. The Balaban J connectivity index is 1.52. The molecule has 0 radical (unpaired) electrons. The van der Waals surface area contributed by atoms with Crippen molar-refractivity contribution in [2.75, 3.05) is 13.1 Å². The van der Waals surface area contributed by atoms with Crippen LogP contribution in [0.25, 0.3) is 16.6 Å². The van der Waals surface area contributed by atoms with Crippen LogP contribution in [-0.2, 0) is 4.79 Å². The quantitative estimate of drug-likeness (QED) is 0.516. The Bertz CT molecular complexity index is 1400. The topological polar surface area (TPSA) is 87.2 Å². The molecule has 0 aliphatic carbocycles.